The highest BCUT2D eigenvalue weighted by Gasteiger charge is 2.11. The number of carbonyl (C=O) groups excluding carboxylic acids is 1. The first-order valence-corrected chi connectivity index (χ1v) is 7.43. The lowest BCUT2D eigenvalue weighted by molar-refractivity contribution is -0.117. The summed E-state index contributed by atoms with van der Waals surface area (Å²) in [6, 6.07) is 7.48. The molecule has 1 N–H and O–H groups in total. The van der Waals surface area contributed by atoms with Crippen LogP contribution in [0.5, 0.6) is 0 Å². The van der Waals surface area contributed by atoms with Gasteiger partial charge in [-0.2, -0.15) is 0 Å². The van der Waals surface area contributed by atoms with Crippen LogP contribution in [0.2, 0.25) is 0 Å². The second kappa shape index (κ2) is 7.44. The number of aryl methyl sites for hydroxylation is 1. The van der Waals surface area contributed by atoms with Crippen LogP contribution >= 0.6 is 0 Å². The topological polar surface area (TPSA) is 54.4 Å². The maximum atomic E-state index is 11.9. The molecule has 0 saturated heterocycles. The molecule has 0 fully saturated rings. The summed E-state index contributed by atoms with van der Waals surface area (Å²) in [5.41, 5.74) is 1.12. The second-order valence-electron chi connectivity index (χ2n) is 4.57. The average molecular weight is 268 g/mol. The van der Waals surface area contributed by atoms with Gasteiger partial charge in [0.05, 0.1) is 22.7 Å². The molecule has 18 heavy (non-hydrogen) atoms. The fourth-order valence-electron chi connectivity index (χ4n) is 1.63. The third-order valence-electron chi connectivity index (χ3n) is 2.69. The van der Waals surface area contributed by atoms with Gasteiger partial charge in [0, 0.05) is 11.3 Å². The van der Waals surface area contributed by atoms with Crippen molar-refractivity contribution in [3.05, 3.63) is 29.8 Å². The Labute approximate surface area is 111 Å². The van der Waals surface area contributed by atoms with E-state index in [1.54, 1.807) is 0 Å². The lowest BCUT2D eigenvalue weighted by Gasteiger charge is -2.09. The van der Waals surface area contributed by atoms with Gasteiger partial charge >= 0.3 is 0 Å². The molecule has 3 nitrogen and oxygen atoms in total. The van der Waals surface area contributed by atoms with E-state index in [0.29, 0.717) is 19.3 Å². The minimum Gasteiger partial charge on any atom is -0.392 e. The maximum absolute atomic E-state index is 11.9. The van der Waals surface area contributed by atoms with E-state index in [1.807, 2.05) is 31.2 Å². The average Bonchev–Trinajstić information content (AvgIpc) is 2.29. The lowest BCUT2D eigenvalue weighted by Crippen LogP contribution is -2.17. The summed E-state index contributed by atoms with van der Waals surface area (Å²) in [5.74, 6) is 0.364. The van der Waals surface area contributed by atoms with Gasteiger partial charge in [-0.25, -0.2) is 0 Å². The molecule has 0 aliphatic carbocycles. The zero-order chi connectivity index (χ0) is 13.5. The molecule has 1 rings (SSSR count). The number of hydrogen-bond donors (Lipinski definition) is 1. The largest absolute Gasteiger partial charge is 0.392 e. The molecule has 0 amide bonds. The second-order valence-corrected chi connectivity index (χ2v) is 6.07. The molecule has 0 aliphatic heterocycles. The van der Waals surface area contributed by atoms with Crippen molar-refractivity contribution in [2.45, 2.75) is 44.1 Å². The van der Waals surface area contributed by atoms with Crippen molar-refractivity contribution in [1.29, 1.82) is 0 Å². The van der Waals surface area contributed by atoms with Crippen LogP contribution in [0.3, 0.4) is 0 Å². The molecule has 1 aromatic carbocycles. The van der Waals surface area contributed by atoms with Gasteiger partial charge in [0.15, 0.2) is 0 Å². The monoisotopic (exact) mass is 268 g/mol. The summed E-state index contributed by atoms with van der Waals surface area (Å²) in [5, 5.41) is 9.74. The first kappa shape index (κ1) is 15.1. The van der Waals surface area contributed by atoms with Crippen LogP contribution in [-0.2, 0) is 15.6 Å². The zero-order valence-corrected chi connectivity index (χ0v) is 11.7. The third-order valence-corrected chi connectivity index (χ3v) is 4.18. The number of hydrogen-bond acceptors (Lipinski definition) is 3. The molecule has 100 valence electrons. The van der Waals surface area contributed by atoms with Crippen LogP contribution in [0.4, 0.5) is 0 Å². The fourth-order valence-corrected chi connectivity index (χ4v) is 2.78. The van der Waals surface area contributed by atoms with Gasteiger partial charge < -0.3 is 9.90 Å². The van der Waals surface area contributed by atoms with Crippen LogP contribution in [-0.4, -0.2) is 27.0 Å². The lowest BCUT2D eigenvalue weighted by atomic mass is 10.1. The van der Waals surface area contributed by atoms with Crippen LogP contribution in [0.25, 0.3) is 0 Å². The standard InChI is InChI=1S/C14H20O3S/c1-11-6-8-14(9-7-11)18(17)10-13(16)5-3-4-12(2)15/h6-9,13,16H,3-5,10H2,1-2H3/t13-,18+/m1/s1. The Kier molecular flexibility index (Phi) is 6.22. The highest BCUT2D eigenvalue weighted by atomic mass is 32.2. The van der Waals surface area contributed by atoms with Crippen molar-refractivity contribution in [1.82, 2.24) is 0 Å². The van der Waals surface area contributed by atoms with E-state index in [0.717, 1.165) is 10.5 Å². The first-order valence-electron chi connectivity index (χ1n) is 6.11. The molecule has 0 unspecified atom stereocenters. The normalized spacial score (nSPS) is 14.2. The molecule has 0 saturated carbocycles. The number of aliphatic hydroxyl groups is 1. The summed E-state index contributed by atoms with van der Waals surface area (Å²) in [4.78, 5) is 11.5. The van der Waals surface area contributed by atoms with Crippen molar-refractivity contribution in [2.24, 2.45) is 0 Å². The molecular formula is C14H20O3S. The van der Waals surface area contributed by atoms with E-state index in [-0.39, 0.29) is 11.5 Å². The predicted octanol–water partition coefficient (Wildman–Crippen LogP) is 2.22. The summed E-state index contributed by atoms with van der Waals surface area (Å²) >= 11 is 0. The Morgan fingerprint density at radius 2 is 1.94 bits per heavy atom. The number of aliphatic hydroxyl groups excluding tert-OH is 1. The molecule has 0 spiro atoms. The van der Waals surface area contributed by atoms with E-state index < -0.39 is 16.9 Å². The van der Waals surface area contributed by atoms with Crippen molar-refractivity contribution in [3.8, 4) is 0 Å². The Morgan fingerprint density at radius 3 is 2.50 bits per heavy atom. The van der Waals surface area contributed by atoms with Gasteiger partial charge in [-0.05, 0) is 38.8 Å². The highest BCUT2D eigenvalue weighted by Crippen LogP contribution is 2.11. The molecular weight excluding hydrogens is 248 g/mol. The Bertz CT molecular complexity index is 412. The number of rotatable bonds is 7. The molecule has 0 aliphatic rings. The van der Waals surface area contributed by atoms with E-state index in [1.165, 1.54) is 6.92 Å². The Balaban J connectivity index is 2.39. The van der Waals surface area contributed by atoms with Gasteiger partial charge in [-0.15, -0.1) is 0 Å². The minimum absolute atomic E-state index is 0.127. The molecule has 1 aromatic rings. The Morgan fingerprint density at radius 1 is 1.33 bits per heavy atom. The molecule has 0 aromatic heterocycles. The van der Waals surface area contributed by atoms with E-state index in [2.05, 4.69) is 0 Å². The van der Waals surface area contributed by atoms with Crippen molar-refractivity contribution in [3.63, 3.8) is 0 Å². The number of ketones is 1. The van der Waals surface area contributed by atoms with Crippen molar-refractivity contribution in [2.75, 3.05) is 5.75 Å². The highest BCUT2D eigenvalue weighted by molar-refractivity contribution is 7.85. The first-order chi connectivity index (χ1) is 8.49. The minimum atomic E-state index is -1.17. The summed E-state index contributed by atoms with van der Waals surface area (Å²) in [7, 11) is -1.17. The third kappa shape index (κ3) is 5.56. The van der Waals surface area contributed by atoms with Crippen LogP contribution in [0.15, 0.2) is 29.2 Å². The van der Waals surface area contributed by atoms with E-state index in [4.69, 9.17) is 0 Å². The van der Waals surface area contributed by atoms with Gasteiger partial charge in [0.1, 0.15) is 5.78 Å². The van der Waals surface area contributed by atoms with Gasteiger partial charge in [0.2, 0.25) is 0 Å². The van der Waals surface area contributed by atoms with Gasteiger partial charge in [-0.1, -0.05) is 17.7 Å². The Hall–Kier alpha value is -1.00. The van der Waals surface area contributed by atoms with E-state index >= 15 is 0 Å². The predicted molar refractivity (Wildman–Crippen MR) is 73.0 cm³/mol. The molecule has 4 heteroatoms. The number of benzene rings is 1. The summed E-state index contributed by atoms with van der Waals surface area (Å²) in [6.45, 7) is 3.51. The molecule has 0 bridgehead atoms. The molecule has 0 heterocycles. The number of Topliss-reactive ketones (excluding diaryl/α,β-unsaturated/α-hetero) is 1. The summed E-state index contributed by atoms with van der Waals surface area (Å²) in [6.07, 6.45) is 1.05. The molecule has 2 atom stereocenters. The van der Waals surface area contributed by atoms with Crippen molar-refractivity contribution < 1.29 is 14.1 Å². The molecule has 0 radical (unpaired) electrons. The van der Waals surface area contributed by atoms with Crippen LogP contribution in [0, 0.1) is 6.92 Å². The van der Waals surface area contributed by atoms with Crippen molar-refractivity contribution >= 4 is 16.6 Å². The quantitative estimate of drug-likeness (QED) is 0.825. The summed E-state index contributed by atoms with van der Waals surface area (Å²) < 4.78 is 11.9. The maximum Gasteiger partial charge on any atom is 0.129 e. The van der Waals surface area contributed by atoms with Gasteiger partial charge in [0.25, 0.3) is 0 Å². The fraction of sp³-hybridized carbons (Fsp3) is 0.500. The van der Waals surface area contributed by atoms with Gasteiger partial charge in [-0.3, -0.25) is 4.21 Å². The van der Waals surface area contributed by atoms with E-state index in [9.17, 15) is 14.1 Å². The SMILES string of the molecule is CC(=O)CCC[C@@H](O)C[S@](=O)c1ccc(C)cc1. The zero-order valence-electron chi connectivity index (χ0n) is 10.9. The smallest absolute Gasteiger partial charge is 0.129 e. The van der Waals surface area contributed by atoms with Crippen LogP contribution in [0.1, 0.15) is 31.7 Å². The number of carbonyl (C=O) groups is 1. The van der Waals surface area contributed by atoms with Crippen LogP contribution < -0.4 is 0 Å².